The highest BCUT2D eigenvalue weighted by molar-refractivity contribution is 5.92. The number of nitrogens with one attached hydrogen (secondary N) is 1. The van der Waals surface area contributed by atoms with E-state index in [4.69, 9.17) is 9.47 Å². The molecule has 29 heavy (non-hydrogen) atoms. The van der Waals surface area contributed by atoms with Crippen molar-refractivity contribution < 1.29 is 14.3 Å². The van der Waals surface area contributed by atoms with Gasteiger partial charge in [-0.1, -0.05) is 24.3 Å². The van der Waals surface area contributed by atoms with Gasteiger partial charge in [-0.15, -0.1) is 0 Å². The Balaban J connectivity index is 1.66. The molecule has 0 aliphatic carbocycles. The number of amides is 1. The Bertz CT molecular complexity index is 946. The lowest BCUT2D eigenvalue weighted by Gasteiger charge is -2.21. The van der Waals surface area contributed by atoms with Crippen molar-refractivity contribution >= 4 is 17.4 Å². The molecule has 0 unspecified atom stereocenters. The van der Waals surface area contributed by atoms with Gasteiger partial charge in [0.2, 0.25) is 0 Å². The van der Waals surface area contributed by atoms with Gasteiger partial charge in [0, 0.05) is 18.8 Å². The number of benzene rings is 2. The van der Waals surface area contributed by atoms with Crippen molar-refractivity contribution in [1.82, 2.24) is 15.3 Å². The number of rotatable bonds is 8. The zero-order valence-corrected chi connectivity index (χ0v) is 16.8. The standard InChI is InChI=1S/C22H24N4O3/c1-4-26(17-8-6-5-7-9-17)21-15-23-18(14-24-21)22(27)25-13-16-10-11-19(28-2)20(12-16)29-3/h5-12,14-15H,4,13H2,1-3H3,(H,25,27). The van der Waals surface area contributed by atoms with E-state index in [2.05, 4.69) is 15.3 Å². The first-order chi connectivity index (χ1) is 14.2. The van der Waals surface area contributed by atoms with E-state index in [-0.39, 0.29) is 11.6 Å². The zero-order chi connectivity index (χ0) is 20.6. The molecule has 2 aromatic carbocycles. The minimum atomic E-state index is -0.290. The number of hydrogen-bond donors (Lipinski definition) is 1. The predicted octanol–water partition coefficient (Wildman–Crippen LogP) is 3.58. The lowest BCUT2D eigenvalue weighted by Crippen LogP contribution is -2.24. The normalized spacial score (nSPS) is 10.3. The molecule has 1 amide bonds. The molecular formula is C22H24N4O3. The lowest BCUT2D eigenvalue weighted by molar-refractivity contribution is 0.0945. The second-order valence-electron chi connectivity index (χ2n) is 6.21. The van der Waals surface area contributed by atoms with Crippen LogP contribution in [0.1, 0.15) is 23.0 Å². The number of hydrogen-bond acceptors (Lipinski definition) is 6. The number of aromatic nitrogens is 2. The highest BCUT2D eigenvalue weighted by Crippen LogP contribution is 2.27. The summed E-state index contributed by atoms with van der Waals surface area (Å²) in [6.07, 6.45) is 3.10. The predicted molar refractivity (Wildman–Crippen MR) is 112 cm³/mol. The molecule has 0 fully saturated rings. The molecule has 0 aliphatic heterocycles. The van der Waals surface area contributed by atoms with E-state index in [1.54, 1.807) is 26.5 Å². The first-order valence-corrected chi connectivity index (χ1v) is 9.30. The highest BCUT2D eigenvalue weighted by atomic mass is 16.5. The zero-order valence-electron chi connectivity index (χ0n) is 16.8. The van der Waals surface area contributed by atoms with Gasteiger partial charge in [0.05, 0.1) is 26.6 Å². The summed E-state index contributed by atoms with van der Waals surface area (Å²) in [6.45, 7) is 3.12. The van der Waals surface area contributed by atoms with Crippen LogP contribution in [0.15, 0.2) is 60.9 Å². The number of carbonyl (C=O) groups is 1. The van der Waals surface area contributed by atoms with Crippen LogP contribution in [0.25, 0.3) is 0 Å². The van der Waals surface area contributed by atoms with Gasteiger partial charge < -0.3 is 19.7 Å². The van der Waals surface area contributed by atoms with Gasteiger partial charge in [0.25, 0.3) is 5.91 Å². The number of nitrogens with zero attached hydrogens (tertiary/aromatic N) is 3. The lowest BCUT2D eigenvalue weighted by atomic mass is 10.2. The Morgan fingerprint density at radius 3 is 2.38 bits per heavy atom. The summed E-state index contributed by atoms with van der Waals surface area (Å²) in [7, 11) is 3.16. The summed E-state index contributed by atoms with van der Waals surface area (Å²) in [4.78, 5) is 23.2. The topological polar surface area (TPSA) is 76.6 Å². The van der Waals surface area contributed by atoms with Crippen LogP contribution in [0, 0.1) is 0 Å². The molecule has 1 N–H and O–H groups in total. The minimum absolute atomic E-state index is 0.262. The molecule has 0 radical (unpaired) electrons. The quantitative estimate of drug-likeness (QED) is 0.631. The molecule has 0 aliphatic rings. The van der Waals surface area contributed by atoms with E-state index in [1.165, 1.54) is 6.20 Å². The van der Waals surface area contributed by atoms with Gasteiger partial charge in [0.1, 0.15) is 5.69 Å². The Morgan fingerprint density at radius 1 is 1.00 bits per heavy atom. The van der Waals surface area contributed by atoms with Gasteiger partial charge in [-0.2, -0.15) is 0 Å². The first-order valence-electron chi connectivity index (χ1n) is 9.30. The van der Waals surface area contributed by atoms with Crippen LogP contribution in [0.2, 0.25) is 0 Å². The van der Waals surface area contributed by atoms with E-state index in [0.717, 1.165) is 17.8 Å². The largest absolute Gasteiger partial charge is 0.493 e. The third kappa shape index (κ3) is 4.82. The molecule has 7 nitrogen and oxygen atoms in total. The van der Waals surface area contributed by atoms with Gasteiger partial charge in [-0.3, -0.25) is 4.79 Å². The van der Waals surface area contributed by atoms with Gasteiger partial charge in [-0.05, 0) is 36.8 Å². The van der Waals surface area contributed by atoms with Crippen molar-refractivity contribution in [2.45, 2.75) is 13.5 Å². The van der Waals surface area contributed by atoms with Crippen LogP contribution in [0.4, 0.5) is 11.5 Å². The van der Waals surface area contributed by atoms with Gasteiger partial charge in [-0.25, -0.2) is 9.97 Å². The SMILES string of the molecule is CCN(c1ccccc1)c1cnc(C(=O)NCc2ccc(OC)c(OC)c2)cn1. The van der Waals surface area contributed by atoms with Crippen LogP contribution < -0.4 is 19.7 Å². The number of carbonyl (C=O) groups excluding carboxylic acids is 1. The summed E-state index contributed by atoms with van der Waals surface area (Å²) >= 11 is 0. The summed E-state index contributed by atoms with van der Waals surface area (Å²) < 4.78 is 10.5. The van der Waals surface area contributed by atoms with E-state index >= 15 is 0 Å². The summed E-state index contributed by atoms with van der Waals surface area (Å²) in [5.74, 6) is 1.66. The Morgan fingerprint density at radius 2 is 1.76 bits per heavy atom. The monoisotopic (exact) mass is 392 g/mol. The second-order valence-corrected chi connectivity index (χ2v) is 6.21. The third-order valence-corrected chi connectivity index (χ3v) is 4.43. The third-order valence-electron chi connectivity index (χ3n) is 4.43. The van der Waals surface area contributed by atoms with E-state index in [9.17, 15) is 4.79 Å². The van der Waals surface area contributed by atoms with Gasteiger partial charge in [0.15, 0.2) is 17.3 Å². The van der Waals surface area contributed by atoms with E-state index in [1.807, 2.05) is 54.3 Å². The molecule has 7 heteroatoms. The molecule has 150 valence electrons. The highest BCUT2D eigenvalue weighted by Gasteiger charge is 2.12. The molecular weight excluding hydrogens is 368 g/mol. The smallest absolute Gasteiger partial charge is 0.271 e. The Hall–Kier alpha value is -3.61. The summed E-state index contributed by atoms with van der Waals surface area (Å²) in [5.41, 5.74) is 2.18. The average Bonchev–Trinajstić information content (AvgIpc) is 2.79. The molecule has 1 heterocycles. The van der Waals surface area contributed by atoms with Crippen molar-refractivity contribution in [3.8, 4) is 11.5 Å². The molecule has 0 bridgehead atoms. The van der Waals surface area contributed by atoms with Crippen molar-refractivity contribution in [2.75, 3.05) is 25.7 Å². The Labute approximate surface area is 170 Å². The average molecular weight is 392 g/mol. The van der Waals surface area contributed by atoms with Crippen LogP contribution in [-0.2, 0) is 6.54 Å². The fourth-order valence-electron chi connectivity index (χ4n) is 2.93. The number of ether oxygens (including phenoxy) is 2. The molecule has 1 aromatic heterocycles. The van der Waals surface area contributed by atoms with Crippen molar-refractivity contribution in [2.24, 2.45) is 0 Å². The molecule has 0 spiro atoms. The van der Waals surface area contributed by atoms with Crippen LogP contribution in [-0.4, -0.2) is 36.6 Å². The van der Waals surface area contributed by atoms with Crippen molar-refractivity contribution in [3.05, 3.63) is 72.2 Å². The number of para-hydroxylation sites is 1. The fourth-order valence-corrected chi connectivity index (χ4v) is 2.93. The maximum absolute atomic E-state index is 12.4. The molecule has 3 rings (SSSR count). The minimum Gasteiger partial charge on any atom is -0.493 e. The van der Waals surface area contributed by atoms with Gasteiger partial charge >= 0.3 is 0 Å². The summed E-state index contributed by atoms with van der Waals surface area (Å²) in [5, 5.41) is 2.85. The fraction of sp³-hybridized carbons (Fsp3) is 0.227. The van der Waals surface area contributed by atoms with Crippen molar-refractivity contribution in [3.63, 3.8) is 0 Å². The Kier molecular flexibility index (Phi) is 6.63. The maximum atomic E-state index is 12.4. The van der Waals surface area contributed by atoms with E-state index in [0.29, 0.717) is 23.9 Å². The number of methoxy groups -OCH3 is 2. The molecule has 3 aromatic rings. The molecule has 0 atom stereocenters. The molecule has 0 saturated carbocycles. The van der Waals surface area contributed by atoms with Crippen LogP contribution >= 0.6 is 0 Å². The molecule has 0 saturated heterocycles. The van der Waals surface area contributed by atoms with Crippen LogP contribution in [0.3, 0.4) is 0 Å². The number of anilines is 2. The van der Waals surface area contributed by atoms with E-state index < -0.39 is 0 Å². The second kappa shape index (κ2) is 9.54. The maximum Gasteiger partial charge on any atom is 0.271 e. The first kappa shape index (κ1) is 20.1. The van der Waals surface area contributed by atoms with Crippen LogP contribution in [0.5, 0.6) is 11.5 Å². The summed E-state index contributed by atoms with van der Waals surface area (Å²) in [6, 6.07) is 15.4. The van der Waals surface area contributed by atoms with Crippen molar-refractivity contribution in [1.29, 1.82) is 0 Å².